The van der Waals surface area contributed by atoms with E-state index in [1.165, 1.54) is 12.8 Å². The highest BCUT2D eigenvalue weighted by molar-refractivity contribution is 5.90. The molecular formula is C23H27N3O3. The third kappa shape index (κ3) is 5.35. The molecule has 6 nitrogen and oxygen atoms in total. The lowest BCUT2D eigenvalue weighted by Crippen LogP contribution is -2.55. The van der Waals surface area contributed by atoms with E-state index in [0.717, 1.165) is 36.2 Å². The molecule has 0 bridgehead atoms. The molecule has 2 fully saturated rings. The molecule has 0 aliphatic heterocycles. The van der Waals surface area contributed by atoms with Crippen LogP contribution in [-0.2, 0) is 4.79 Å². The topological polar surface area (TPSA) is 81.7 Å². The zero-order chi connectivity index (χ0) is 20.2. The van der Waals surface area contributed by atoms with Gasteiger partial charge in [0, 0.05) is 24.3 Å². The molecule has 2 amide bonds. The van der Waals surface area contributed by atoms with E-state index in [4.69, 9.17) is 5.11 Å². The van der Waals surface area contributed by atoms with Crippen molar-refractivity contribution < 1.29 is 14.7 Å². The number of amides is 2. The number of hydrogen-bond donors (Lipinski definition) is 3. The predicted molar refractivity (Wildman–Crippen MR) is 113 cm³/mol. The van der Waals surface area contributed by atoms with Crippen molar-refractivity contribution in [3.63, 3.8) is 0 Å². The molecule has 152 valence electrons. The third-order valence-electron chi connectivity index (χ3n) is 5.72. The number of nitrogens with one attached hydrogen (secondary N) is 2. The molecule has 2 saturated carbocycles. The summed E-state index contributed by atoms with van der Waals surface area (Å²) in [5.74, 6) is -0.125. The summed E-state index contributed by atoms with van der Waals surface area (Å²) in [5, 5.41) is 15.1. The van der Waals surface area contributed by atoms with Crippen LogP contribution in [0.3, 0.4) is 0 Å². The van der Waals surface area contributed by atoms with Crippen molar-refractivity contribution >= 4 is 17.7 Å². The van der Waals surface area contributed by atoms with E-state index in [1.807, 2.05) is 54.6 Å². The summed E-state index contributed by atoms with van der Waals surface area (Å²) in [6.45, 7) is 0.953. The normalized spacial score (nSPS) is 20.7. The van der Waals surface area contributed by atoms with Crippen LogP contribution >= 0.6 is 0 Å². The van der Waals surface area contributed by atoms with Crippen LogP contribution in [0.1, 0.15) is 25.7 Å². The molecule has 0 radical (unpaired) electrons. The van der Waals surface area contributed by atoms with Gasteiger partial charge >= 0.3 is 12.0 Å². The Morgan fingerprint density at radius 2 is 1.72 bits per heavy atom. The highest BCUT2D eigenvalue weighted by atomic mass is 16.4. The van der Waals surface area contributed by atoms with Crippen molar-refractivity contribution in [2.24, 2.45) is 5.92 Å². The van der Waals surface area contributed by atoms with Gasteiger partial charge in [0.15, 0.2) is 0 Å². The number of carboxylic acids is 1. The van der Waals surface area contributed by atoms with Gasteiger partial charge in [-0.15, -0.1) is 0 Å². The van der Waals surface area contributed by atoms with Gasteiger partial charge < -0.3 is 15.7 Å². The molecule has 3 N–H and O–H groups in total. The van der Waals surface area contributed by atoms with Crippen molar-refractivity contribution in [3.8, 4) is 11.1 Å². The molecule has 0 heterocycles. The average molecular weight is 393 g/mol. The zero-order valence-corrected chi connectivity index (χ0v) is 16.4. The number of urea groups is 1. The number of benzene rings is 2. The van der Waals surface area contributed by atoms with Crippen molar-refractivity contribution in [3.05, 3.63) is 54.6 Å². The first-order valence-corrected chi connectivity index (χ1v) is 10.3. The Morgan fingerprint density at radius 1 is 1.00 bits per heavy atom. The largest absolute Gasteiger partial charge is 0.480 e. The van der Waals surface area contributed by atoms with Crippen LogP contribution in [0, 0.1) is 5.92 Å². The van der Waals surface area contributed by atoms with Crippen molar-refractivity contribution in [2.75, 3.05) is 18.4 Å². The molecule has 0 spiro atoms. The monoisotopic (exact) mass is 393 g/mol. The number of rotatable bonds is 8. The van der Waals surface area contributed by atoms with Gasteiger partial charge in [0.1, 0.15) is 0 Å². The minimum absolute atomic E-state index is 0.0896. The Balaban J connectivity index is 1.27. The molecule has 4 rings (SSSR count). The molecule has 0 saturated heterocycles. The summed E-state index contributed by atoms with van der Waals surface area (Å²) in [5.41, 5.74) is 2.91. The van der Waals surface area contributed by atoms with Crippen molar-refractivity contribution in [2.45, 2.75) is 37.8 Å². The van der Waals surface area contributed by atoms with Gasteiger partial charge in [0.05, 0.1) is 6.54 Å². The molecule has 29 heavy (non-hydrogen) atoms. The summed E-state index contributed by atoms with van der Waals surface area (Å²) >= 11 is 0. The number of anilines is 1. The van der Waals surface area contributed by atoms with Crippen LogP contribution in [0.5, 0.6) is 0 Å². The maximum atomic E-state index is 12.4. The molecule has 2 aliphatic carbocycles. The minimum Gasteiger partial charge on any atom is -0.480 e. The van der Waals surface area contributed by atoms with Crippen LogP contribution in [0.4, 0.5) is 10.5 Å². The molecule has 2 aromatic carbocycles. The number of carbonyl (C=O) groups excluding carboxylic acids is 1. The Morgan fingerprint density at radius 3 is 2.41 bits per heavy atom. The molecular weight excluding hydrogens is 366 g/mol. The average Bonchev–Trinajstić information content (AvgIpc) is 3.48. The van der Waals surface area contributed by atoms with E-state index in [9.17, 15) is 9.59 Å². The third-order valence-corrected chi connectivity index (χ3v) is 5.72. The molecule has 0 aromatic heterocycles. The smallest absolute Gasteiger partial charge is 0.319 e. The highest BCUT2D eigenvalue weighted by Crippen LogP contribution is 2.33. The lowest BCUT2D eigenvalue weighted by molar-refractivity contribution is -0.139. The van der Waals surface area contributed by atoms with Gasteiger partial charge in [-0.3, -0.25) is 9.69 Å². The van der Waals surface area contributed by atoms with Gasteiger partial charge in [-0.25, -0.2) is 4.79 Å². The summed E-state index contributed by atoms with van der Waals surface area (Å²) < 4.78 is 0. The van der Waals surface area contributed by atoms with Gasteiger partial charge in [0.25, 0.3) is 0 Å². The van der Waals surface area contributed by atoms with Crippen LogP contribution in [-0.4, -0.2) is 47.2 Å². The Bertz CT molecular complexity index is 861. The van der Waals surface area contributed by atoms with Crippen molar-refractivity contribution in [1.82, 2.24) is 10.2 Å². The quantitative estimate of drug-likeness (QED) is 0.637. The number of carbonyl (C=O) groups is 2. The first-order valence-electron chi connectivity index (χ1n) is 10.3. The first kappa shape index (κ1) is 19.5. The van der Waals surface area contributed by atoms with Gasteiger partial charge in [0.2, 0.25) is 0 Å². The fourth-order valence-electron chi connectivity index (χ4n) is 3.91. The summed E-state index contributed by atoms with van der Waals surface area (Å²) in [6.07, 6.45) is 4.01. The van der Waals surface area contributed by atoms with E-state index in [0.29, 0.717) is 5.92 Å². The van der Waals surface area contributed by atoms with E-state index < -0.39 is 5.97 Å². The summed E-state index contributed by atoms with van der Waals surface area (Å²) in [7, 11) is 0. The molecule has 2 aliphatic rings. The van der Waals surface area contributed by atoms with Gasteiger partial charge in [-0.2, -0.15) is 0 Å². The van der Waals surface area contributed by atoms with Gasteiger partial charge in [-0.1, -0.05) is 42.5 Å². The maximum Gasteiger partial charge on any atom is 0.319 e. The van der Waals surface area contributed by atoms with Crippen molar-refractivity contribution in [1.29, 1.82) is 0 Å². The molecule has 6 heteroatoms. The van der Waals surface area contributed by atoms with E-state index in [1.54, 1.807) is 0 Å². The molecule has 0 unspecified atom stereocenters. The molecule has 2 aromatic rings. The molecule has 0 atom stereocenters. The Labute approximate surface area is 170 Å². The van der Waals surface area contributed by atoms with Crippen LogP contribution in [0.25, 0.3) is 11.1 Å². The van der Waals surface area contributed by atoms with E-state index >= 15 is 0 Å². The summed E-state index contributed by atoms with van der Waals surface area (Å²) in [6, 6.07) is 18.0. The number of carboxylic acid groups (broad SMARTS) is 1. The number of aliphatic carboxylic acids is 1. The second-order valence-electron chi connectivity index (χ2n) is 8.13. The Hall–Kier alpha value is -2.86. The lowest BCUT2D eigenvalue weighted by Gasteiger charge is -2.42. The minimum atomic E-state index is -0.780. The lowest BCUT2D eigenvalue weighted by atomic mass is 9.85. The van der Waals surface area contributed by atoms with E-state index in [2.05, 4.69) is 15.5 Å². The first-order chi connectivity index (χ1) is 14.1. The predicted octanol–water partition coefficient (Wildman–Crippen LogP) is 3.80. The van der Waals surface area contributed by atoms with Crippen LogP contribution < -0.4 is 10.6 Å². The highest BCUT2D eigenvalue weighted by Gasteiger charge is 2.37. The van der Waals surface area contributed by atoms with Crippen LogP contribution in [0.15, 0.2) is 54.6 Å². The van der Waals surface area contributed by atoms with E-state index in [-0.39, 0.29) is 24.7 Å². The SMILES string of the molecule is O=C(O)CN(CC1CC1)C1CC(NC(=O)Nc2cccc(-c3ccccc3)c2)C1. The van der Waals surface area contributed by atoms with Gasteiger partial charge in [-0.05, 0) is 54.9 Å². The fourth-order valence-corrected chi connectivity index (χ4v) is 3.91. The second kappa shape index (κ2) is 8.66. The summed E-state index contributed by atoms with van der Waals surface area (Å²) in [4.78, 5) is 25.6. The number of hydrogen-bond acceptors (Lipinski definition) is 3. The zero-order valence-electron chi connectivity index (χ0n) is 16.4. The van der Waals surface area contributed by atoms with Crippen LogP contribution in [0.2, 0.25) is 0 Å². The standard InChI is InChI=1S/C23H27N3O3/c27-22(28)15-26(14-16-9-10-16)21-12-20(13-21)25-23(29)24-19-8-4-7-18(11-19)17-5-2-1-3-6-17/h1-8,11,16,20-21H,9-10,12-15H2,(H,27,28)(H2,24,25,29). The second-order valence-corrected chi connectivity index (χ2v) is 8.13. The number of nitrogens with zero attached hydrogens (tertiary/aromatic N) is 1. The Kier molecular flexibility index (Phi) is 5.81. The fraction of sp³-hybridized carbons (Fsp3) is 0.391. The maximum absolute atomic E-state index is 12.4.